The Morgan fingerprint density at radius 2 is 2.10 bits per heavy atom. The third-order valence-electron chi connectivity index (χ3n) is 5.22. The largest absolute Gasteiger partial charge is 0.481 e. The van der Waals surface area contributed by atoms with Gasteiger partial charge in [0, 0.05) is 11.1 Å². The van der Waals surface area contributed by atoms with E-state index in [1.165, 1.54) is 25.7 Å². The van der Waals surface area contributed by atoms with Gasteiger partial charge >= 0.3 is 5.97 Å². The van der Waals surface area contributed by atoms with Crippen LogP contribution in [0.2, 0.25) is 0 Å². The highest BCUT2D eigenvalue weighted by atomic mass is 16.4. The summed E-state index contributed by atoms with van der Waals surface area (Å²) < 4.78 is 0. The first-order valence-electron chi connectivity index (χ1n) is 8.34. The summed E-state index contributed by atoms with van der Waals surface area (Å²) in [5.74, 6) is 0.585. The van der Waals surface area contributed by atoms with E-state index >= 15 is 0 Å². The number of aliphatic carboxylic acids is 1. The van der Waals surface area contributed by atoms with Crippen molar-refractivity contribution in [1.29, 1.82) is 0 Å². The van der Waals surface area contributed by atoms with Crippen LogP contribution in [0.15, 0.2) is 0 Å². The number of aryl methyl sites for hydroxylation is 1. The maximum absolute atomic E-state index is 11.5. The molecule has 2 aliphatic carbocycles. The fourth-order valence-electron chi connectivity index (χ4n) is 4.38. The second-order valence-corrected chi connectivity index (χ2v) is 7.32. The molecule has 2 N–H and O–H groups in total. The summed E-state index contributed by atoms with van der Waals surface area (Å²) in [6.07, 6.45) is 8.68. The fraction of sp³-hybridized carbons (Fsp3) is 0.765. The van der Waals surface area contributed by atoms with Crippen LogP contribution in [0.5, 0.6) is 0 Å². The Bertz CT molecular complexity index is 527. The van der Waals surface area contributed by atoms with E-state index in [0.717, 1.165) is 42.9 Å². The molecular formula is C17H26N2O2. The number of carboxylic acid groups (broad SMARTS) is 1. The molecule has 4 heteroatoms. The average molecular weight is 290 g/mol. The predicted molar refractivity (Wildman–Crippen MR) is 81.5 cm³/mol. The molecule has 0 saturated heterocycles. The summed E-state index contributed by atoms with van der Waals surface area (Å²) >= 11 is 0. The molecule has 1 atom stereocenters. The van der Waals surface area contributed by atoms with Gasteiger partial charge in [0.05, 0.1) is 5.69 Å². The lowest BCUT2D eigenvalue weighted by atomic mass is 9.78. The first-order valence-corrected chi connectivity index (χ1v) is 8.34. The van der Waals surface area contributed by atoms with Crippen LogP contribution in [0.1, 0.15) is 81.9 Å². The molecule has 0 bridgehead atoms. The summed E-state index contributed by atoms with van der Waals surface area (Å²) in [6, 6.07) is 0. The highest BCUT2D eigenvalue weighted by Crippen LogP contribution is 2.45. The van der Waals surface area contributed by atoms with Crippen molar-refractivity contribution < 1.29 is 9.90 Å². The molecule has 0 spiro atoms. The molecule has 4 nitrogen and oxygen atoms in total. The summed E-state index contributed by atoms with van der Waals surface area (Å²) in [5.41, 5.74) is 2.06. The number of nitrogens with one attached hydrogen (secondary N) is 1. The minimum atomic E-state index is -0.724. The molecule has 0 amide bonds. The molecule has 2 aliphatic rings. The van der Waals surface area contributed by atoms with E-state index < -0.39 is 11.9 Å². The van der Waals surface area contributed by atoms with Gasteiger partial charge in [0.2, 0.25) is 0 Å². The van der Waals surface area contributed by atoms with E-state index in [1.807, 2.05) is 0 Å². The second kappa shape index (κ2) is 5.47. The summed E-state index contributed by atoms with van der Waals surface area (Å²) in [6.45, 7) is 4.53. The Morgan fingerprint density at radius 3 is 2.71 bits per heavy atom. The van der Waals surface area contributed by atoms with Crippen LogP contribution in [0.4, 0.5) is 0 Å². The number of H-pyrrole nitrogens is 1. The van der Waals surface area contributed by atoms with Gasteiger partial charge in [0.25, 0.3) is 0 Å². The van der Waals surface area contributed by atoms with Gasteiger partial charge < -0.3 is 10.1 Å². The zero-order chi connectivity index (χ0) is 15.0. The van der Waals surface area contributed by atoms with Gasteiger partial charge in [-0.1, -0.05) is 26.7 Å². The molecule has 1 unspecified atom stereocenters. The molecule has 3 rings (SSSR count). The first-order chi connectivity index (χ1) is 10.0. The van der Waals surface area contributed by atoms with Gasteiger partial charge in [-0.15, -0.1) is 0 Å². The standard InChI is InChI=1S/C17H26N2O2/c1-11(2)10-17(8-3-4-9-17)16-18-13-7-5-6-12(15(20)21)14(13)19-16/h11-12H,3-10H2,1-2H3,(H,18,19)(H,20,21). The number of aromatic amines is 1. The van der Waals surface area contributed by atoms with Crippen LogP contribution >= 0.6 is 0 Å². The number of nitrogens with zero attached hydrogens (tertiary/aromatic N) is 1. The smallest absolute Gasteiger partial charge is 0.312 e. The topological polar surface area (TPSA) is 66.0 Å². The van der Waals surface area contributed by atoms with Crippen LogP contribution in [-0.4, -0.2) is 21.0 Å². The molecule has 1 saturated carbocycles. The van der Waals surface area contributed by atoms with Gasteiger partial charge in [-0.3, -0.25) is 4.79 Å². The number of hydrogen-bond acceptors (Lipinski definition) is 2. The van der Waals surface area contributed by atoms with Crippen molar-refractivity contribution in [2.75, 3.05) is 0 Å². The summed E-state index contributed by atoms with van der Waals surface area (Å²) in [7, 11) is 0. The van der Waals surface area contributed by atoms with Crippen molar-refractivity contribution in [3.8, 4) is 0 Å². The minimum absolute atomic E-state index is 0.161. The van der Waals surface area contributed by atoms with Crippen LogP contribution in [0, 0.1) is 5.92 Å². The normalized spacial score (nSPS) is 24.2. The van der Waals surface area contributed by atoms with Crippen LogP contribution in [0.25, 0.3) is 0 Å². The van der Waals surface area contributed by atoms with Crippen LogP contribution < -0.4 is 0 Å². The van der Waals surface area contributed by atoms with Crippen molar-refractivity contribution in [1.82, 2.24) is 9.97 Å². The molecule has 0 aliphatic heterocycles. The molecule has 21 heavy (non-hydrogen) atoms. The fourth-order valence-corrected chi connectivity index (χ4v) is 4.38. The number of carboxylic acids is 1. The first kappa shape index (κ1) is 14.6. The second-order valence-electron chi connectivity index (χ2n) is 7.32. The maximum Gasteiger partial charge on any atom is 0.312 e. The third kappa shape index (κ3) is 2.60. The summed E-state index contributed by atoms with van der Waals surface area (Å²) in [4.78, 5) is 19.8. The van der Waals surface area contributed by atoms with Crippen LogP contribution in [0.3, 0.4) is 0 Å². The van der Waals surface area contributed by atoms with Gasteiger partial charge in [0.1, 0.15) is 11.7 Å². The third-order valence-corrected chi connectivity index (χ3v) is 5.22. The number of hydrogen-bond donors (Lipinski definition) is 2. The quantitative estimate of drug-likeness (QED) is 0.887. The van der Waals surface area contributed by atoms with E-state index in [0.29, 0.717) is 5.92 Å². The lowest BCUT2D eigenvalue weighted by molar-refractivity contribution is -0.139. The molecule has 1 aromatic heterocycles. The molecule has 1 heterocycles. The van der Waals surface area contributed by atoms with Gasteiger partial charge in [-0.2, -0.15) is 0 Å². The van der Waals surface area contributed by atoms with Gasteiger partial charge in [0.15, 0.2) is 0 Å². The number of aromatic nitrogens is 2. The number of carbonyl (C=O) groups is 1. The molecule has 116 valence electrons. The summed E-state index contributed by atoms with van der Waals surface area (Å²) in [5, 5.41) is 9.42. The number of imidazole rings is 1. The zero-order valence-electron chi connectivity index (χ0n) is 13.1. The van der Waals surface area contributed by atoms with Gasteiger partial charge in [-0.25, -0.2) is 4.98 Å². The van der Waals surface area contributed by atoms with Crippen molar-refractivity contribution in [3.05, 3.63) is 17.2 Å². The van der Waals surface area contributed by atoms with E-state index in [1.54, 1.807) is 0 Å². The maximum atomic E-state index is 11.5. The van der Waals surface area contributed by atoms with E-state index in [9.17, 15) is 9.90 Å². The molecule has 1 aromatic rings. The minimum Gasteiger partial charge on any atom is -0.481 e. The monoisotopic (exact) mass is 290 g/mol. The van der Waals surface area contributed by atoms with Crippen molar-refractivity contribution in [2.45, 2.75) is 76.5 Å². The van der Waals surface area contributed by atoms with Crippen molar-refractivity contribution in [2.24, 2.45) is 5.92 Å². The predicted octanol–water partition coefficient (Wildman–Crippen LogP) is 3.77. The van der Waals surface area contributed by atoms with Crippen LogP contribution in [-0.2, 0) is 16.6 Å². The Balaban J connectivity index is 1.97. The van der Waals surface area contributed by atoms with Crippen molar-refractivity contribution >= 4 is 5.97 Å². The average Bonchev–Trinajstić information content (AvgIpc) is 3.03. The lowest BCUT2D eigenvalue weighted by Gasteiger charge is -2.28. The molecular weight excluding hydrogens is 264 g/mol. The molecule has 0 radical (unpaired) electrons. The van der Waals surface area contributed by atoms with E-state index in [-0.39, 0.29) is 5.41 Å². The Morgan fingerprint density at radius 1 is 1.38 bits per heavy atom. The zero-order valence-corrected chi connectivity index (χ0v) is 13.1. The Kier molecular flexibility index (Phi) is 3.80. The van der Waals surface area contributed by atoms with Crippen molar-refractivity contribution in [3.63, 3.8) is 0 Å². The van der Waals surface area contributed by atoms with E-state index in [4.69, 9.17) is 4.98 Å². The highest BCUT2D eigenvalue weighted by Gasteiger charge is 2.40. The lowest BCUT2D eigenvalue weighted by Crippen LogP contribution is -2.26. The number of rotatable bonds is 4. The molecule has 1 fully saturated rings. The molecule has 0 aromatic carbocycles. The highest BCUT2D eigenvalue weighted by molar-refractivity contribution is 5.76. The Hall–Kier alpha value is -1.32. The SMILES string of the molecule is CC(C)CC1(c2nc3c([nH]2)CCCC3C(=O)O)CCCC1. The van der Waals surface area contributed by atoms with Gasteiger partial charge in [-0.05, 0) is 44.4 Å². The Labute approximate surface area is 126 Å². The number of fused-ring (bicyclic) bond motifs is 1. The van der Waals surface area contributed by atoms with E-state index in [2.05, 4.69) is 18.8 Å².